The molecule has 2 N–H and O–H groups in total. The zero-order chi connectivity index (χ0) is 11.5. The maximum atomic E-state index is 11.2. The first-order chi connectivity index (χ1) is 7.72. The third kappa shape index (κ3) is 1.96. The first-order valence-corrected chi connectivity index (χ1v) is 5.47. The molecule has 0 spiro atoms. The Hall–Kier alpha value is -1.69. The number of rotatable bonds is 3. The smallest absolute Gasteiger partial charge is 0.248 e. The van der Waals surface area contributed by atoms with E-state index < -0.39 is 0 Å². The molecule has 0 saturated heterocycles. The van der Waals surface area contributed by atoms with Gasteiger partial charge in [-0.15, -0.1) is 0 Å². The van der Waals surface area contributed by atoms with E-state index in [1.54, 1.807) is 12.3 Å². The van der Waals surface area contributed by atoms with Crippen molar-refractivity contribution in [2.45, 2.75) is 19.9 Å². The molecule has 0 aliphatic rings. The molecule has 2 rings (SSSR count). The Bertz CT molecular complexity index is 595. The fourth-order valence-corrected chi connectivity index (χ4v) is 1.78. The highest BCUT2D eigenvalue weighted by Crippen LogP contribution is 2.14. The van der Waals surface area contributed by atoms with E-state index in [4.69, 9.17) is 12.2 Å². The van der Waals surface area contributed by atoms with Crippen LogP contribution >= 0.6 is 12.2 Å². The number of hydrogen-bond donors (Lipinski definition) is 2. The standard InChI is InChI=1S/C10H12N4OS/c1-2-5-14-9(12-13-10(14)16)7-3-4-11-8(15)6-7/h3-4,6H,2,5H2,1H3,(H,11,15)(H,13,16). The molecule has 84 valence electrons. The second-order valence-corrected chi connectivity index (χ2v) is 3.83. The maximum Gasteiger partial charge on any atom is 0.248 e. The van der Waals surface area contributed by atoms with Gasteiger partial charge in [0.2, 0.25) is 5.56 Å². The molecule has 0 unspecified atom stereocenters. The lowest BCUT2D eigenvalue weighted by Gasteiger charge is -2.03. The van der Waals surface area contributed by atoms with Gasteiger partial charge in [0.05, 0.1) is 0 Å². The first kappa shape index (κ1) is 10.8. The van der Waals surface area contributed by atoms with Crippen LogP contribution in [0.4, 0.5) is 0 Å². The Morgan fingerprint density at radius 1 is 1.56 bits per heavy atom. The Morgan fingerprint density at radius 2 is 2.38 bits per heavy atom. The van der Waals surface area contributed by atoms with E-state index in [9.17, 15) is 4.79 Å². The number of H-pyrrole nitrogens is 2. The molecule has 0 atom stereocenters. The summed E-state index contributed by atoms with van der Waals surface area (Å²) in [7, 11) is 0. The largest absolute Gasteiger partial charge is 0.329 e. The van der Waals surface area contributed by atoms with Crippen molar-refractivity contribution in [2.75, 3.05) is 0 Å². The summed E-state index contributed by atoms with van der Waals surface area (Å²) in [5, 5.41) is 6.88. The lowest BCUT2D eigenvalue weighted by molar-refractivity contribution is 0.674. The second kappa shape index (κ2) is 4.44. The van der Waals surface area contributed by atoms with Gasteiger partial charge in [-0.1, -0.05) is 6.92 Å². The van der Waals surface area contributed by atoms with Gasteiger partial charge in [-0.3, -0.25) is 9.89 Å². The molecule has 0 aliphatic heterocycles. The number of hydrogen-bond acceptors (Lipinski definition) is 3. The molecular weight excluding hydrogens is 224 g/mol. The summed E-state index contributed by atoms with van der Waals surface area (Å²) in [6.45, 7) is 2.85. The number of pyridine rings is 1. The van der Waals surface area contributed by atoms with Gasteiger partial charge >= 0.3 is 0 Å². The topological polar surface area (TPSA) is 66.5 Å². The molecule has 0 aromatic carbocycles. The summed E-state index contributed by atoms with van der Waals surface area (Å²) < 4.78 is 2.47. The predicted octanol–water partition coefficient (Wildman–Crippen LogP) is 1.71. The molecule has 0 saturated carbocycles. The van der Waals surface area contributed by atoms with Gasteiger partial charge in [0.1, 0.15) is 0 Å². The first-order valence-electron chi connectivity index (χ1n) is 5.06. The summed E-state index contributed by atoms with van der Waals surface area (Å²) in [4.78, 5) is 13.8. The quantitative estimate of drug-likeness (QED) is 0.797. The van der Waals surface area contributed by atoms with Gasteiger partial charge in [-0.25, -0.2) is 0 Å². The van der Waals surface area contributed by atoms with Crippen molar-refractivity contribution in [3.05, 3.63) is 33.5 Å². The average Bonchev–Trinajstić information content (AvgIpc) is 2.61. The molecule has 2 heterocycles. The molecule has 0 bridgehead atoms. The van der Waals surface area contributed by atoms with Crippen LogP contribution in [0.5, 0.6) is 0 Å². The van der Waals surface area contributed by atoms with Crippen molar-refractivity contribution < 1.29 is 0 Å². The molecule has 2 aromatic heterocycles. The maximum absolute atomic E-state index is 11.2. The molecule has 5 nitrogen and oxygen atoms in total. The van der Waals surface area contributed by atoms with E-state index in [0.717, 1.165) is 18.5 Å². The zero-order valence-corrected chi connectivity index (χ0v) is 9.67. The average molecular weight is 236 g/mol. The van der Waals surface area contributed by atoms with Crippen LogP contribution in [0.25, 0.3) is 11.4 Å². The Kier molecular flexibility index (Phi) is 3.00. The van der Waals surface area contributed by atoms with Crippen LogP contribution < -0.4 is 5.56 Å². The van der Waals surface area contributed by atoms with Crippen LogP contribution in [0.3, 0.4) is 0 Å². The van der Waals surface area contributed by atoms with Gasteiger partial charge in [-0.05, 0) is 24.7 Å². The SMILES string of the molecule is CCCn1c(-c2cc[nH]c(=O)c2)n[nH]c1=S. The summed E-state index contributed by atoms with van der Waals surface area (Å²) in [5.74, 6) is 0.706. The van der Waals surface area contributed by atoms with Crippen LogP contribution in [0.15, 0.2) is 23.1 Å². The monoisotopic (exact) mass is 236 g/mol. The lowest BCUT2D eigenvalue weighted by Crippen LogP contribution is -2.05. The summed E-state index contributed by atoms with van der Waals surface area (Å²) in [5.41, 5.74) is 0.624. The number of aromatic nitrogens is 4. The van der Waals surface area contributed by atoms with Crippen molar-refractivity contribution in [1.82, 2.24) is 19.7 Å². The number of nitrogens with one attached hydrogen (secondary N) is 2. The summed E-state index contributed by atoms with van der Waals surface area (Å²) in [6, 6.07) is 3.32. The summed E-state index contributed by atoms with van der Waals surface area (Å²) >= 11 is 5.13. The predicted molar refractivity (Wildman–Crippen MR) is 63.8 cm³/mol. The minimum absolute atomic E-state index is 0.144. The highest BCUT2D eigenvalue weighted by Gasteiger charge is 2.07. The van der Waals surface area contributed by atoms with E-state index in [1.807, 2.05) is 4.57 Å². The summed E-state index contributed by atoms with van der Waals surface area (Å²) in [6.07, 6.45) is 2.57. The fraction of sp³-hybridized carbons (Fsp3) is 0.300. The Balaban J connectivity index is 2.56. The van der Waals surface area contributed by atoms with Gasteiger partial charge in [0, 0.05) is 24.4 Å². The van der Waals surface area contributed by atoms with Crippen molar-refractivity contribution in [2.24, 2.45) is 0 Å². The van der Waals surface area contributed by atoms with Gasteiger partial charge in [0.25, 0.3) is 0 Å². The van der Waals surface area contributed by atoms with E-state index in [0.29, 0.717) is 10.6 Å². The third-order valence-electron chi connectivity index (χ3n) is 2.24. The van der Waals surface area contributed by atoms with E-state index in [-0.39, 0.29) is 5.56 Å². The molecule has 0 radical (unpaired) electrons. The normalized spacial score (nSPS) is 10.6. The minimum Gasteiger partial charge on any atom is -0.329 e. The number of aromatic amines is 2. The molecule has 6 heteroatoms. The van der Waals surface area contributed by atoms with Crippen molar-refractivity contribution in [3.63, 3.8) is 0 Å². The Labute approximate surface area is 97.2 Å². The van der Waals surface area contributed by atoms with Crippen LogP contribution in [0.1, 0.15) is 13.3 Å². The van der Waals surface area contributed by atoms with Crippen LogP contribution in [0.2, 0.25) is 0 Å². The van der Waals surface area contributed by atoms with E-state index >= 15 is 0 Å². The van der Waals surface area contributed by atoms with E-state index in [1.165, 1.54) is 6.07 Å². The fourth-order valence-electron chi connectivity index (χ4n) is 1.55. The van der Waals surface area contributed by atoms with E-state index in [2.05, 4.69) is 22.1 Å². The molecule has 0 fully saturated rings. The van der Waals surface area contributed by atoms with Crippen molar-refractivity contribution >= 4 is 12.2 Å². The van der Waals surface area contributed by atoms with Crippen LogP contribution in [0, 0.1) is 4.77 Å². The van der Waals surface area contributed by atoms with Crippen molar-refractivity contribution in [3.8, 4) is 11.4 Å². The molecular formula is C10H12N4OS. The highest BCUT2D eigenvalue weighted by atomic mass is 32.1. The highest BCUT2D eigenvalue weighted by molar-refractivity contribution is 7.71. The van der Waals surface area contributed by atoms with Gasteiger partial charge < -0.3 is 9.55 Å². The van der Waals surface area contributed by atoms with Crippen LogP contribution in [-0.2, 0) is 6.54 Å². The third-order valence-corrected chi connectivity index (χ3v) is 2.55. The van der Waals surface area contributed by atoms with Crippen molar-refractivity contribution in [1.29, 1.82) is 0 Å². The zero-order valence-electron chi connectivity index (χ0n) is 8.86. The van der Waals surface area contributed by atoms with Gasteiger partial charge in [0.15, 0.2) is 10.6 Å². The molecule has 2 aromatic rings. The second-order valence-electron chi connectivity index (χ2n) is 3.45. The Morgan fingerprint density at radius 3 is 3.06 bits per heavy atom. The number of nitrogens with zero attached hydrogens (tertiary/aromatic N) is 2. The van der Waals surface area contributed by atoms with Gasteiger partial charge in [-0.2, -0.15) is 5.10 Å². The van der Waals surface area contributed by atoms with Crippen LogP contribution in [-0.4, -0.2) is 19.7 Å². The molecule has 0 aliphatic carbocycles. The minimum atomic E-state index is -0.144. The lowest BCUT2D eigenvalue weighted by atomic mass is 10.2. The molecule has 0 amide bonds. The molecule has 16 heavy (non-hydrogen) atoms.